The van der Waals surface area contributed by atoms with Crippen LogP contribution in [0.2, 0.25) is 0 Å². The van der Waals surface area contributed by atoms with Crippen molar-refractivity contribution < 1.29 is 24.0 Å². The second-order valence-electron chi connectivity index (χ2n) is 8.20. The molecule has 0 aliphatic carbocycles. The number of carbonyl (C=O) groups excluding carboxylic acids is 2. The molecule has 1 aliphatic heterocycles. The number of nitro groups is 1. The van der Waals surface area contributed by atoms with Crippen molar-refractivity contribution in [1.82, 2.24) is 9.97 Å². The van der Waals surface area contributed by atoms with Gasteiger partial charge in [-0.3, -0.25) is 19.7 Å². The highest BCUT2D eigenvalue weighted by atomic mass is 16.6. The van der Waals surface area contributed by atoms with Crippen LogP contribution in [0.1, 0.15) is 44.6 Å². The fraction of sp³-hybridized carbons (Fsp3) is 0.500. The molecule has 188 valence electrons. The van der Waals surface area contributed by atoms with Crippen molar-refractivity contribution in [3.05, 3.63) is 52.3 Å². The van der Waals surface area contributed by atoms with Gasteiger partial charge < -0.3 is 19.7 Å². The zero-order valence-corrected chi connectivity index (χ0v) is 19.9. The monoisotopic (exact) mass is 485 g/mol. The molecule has 35 heavy (non-hydrogen) atoms. The van der Waals surface area contributed by atoms with Gasteiger partial charge in [0, 0.05) is 26.1 Å². The average molecular weight is 486 g/mol. The minimum absolute atomic E-state index is 0.138. The summed E-state index contributed by atoms with van der Waals surface area (Å²) in [5, 5.41) is 14.8. The Kier molecular flexibility index (Phi) is 9.76. The predicted molar refractivity (Wildman–Crippen MR) is 129 cm³/mol. The van der Waals surface area contributed by atoms with E-state index in [-0.39, 0.29) is 48.2 Å². The summed E-state index contributed by atoms with van der Waals surface area (Å²) in [5.74, 6) is -0.339. The number of unbranched alkanes of at least 4 members (excludes halogenated alkanes) is 1. The van der Waals surface area contributed by atoms with Gasteiger partial charge in [-0.15, -0.1) is 0 Å². The molecule has 1 aromatic heterocycles. The van der Waals surface area contributed by atoms with Crippen LogP contribution in [0.15, 0.2) is 36.7 Å². The molecule has 3 rings (SSSR count). The normalized spacial score (nSPS) is 13.8. The van der Waals surface area contributed by atoms with Gasteiger partial charge >= 0.3 is 17.6 Å². The minimum atomic E-state index is -0.490. The van der Waals surface area contributed by atoms with E-state index >= 15 is 0 Å². The third-order valence-corrected chi connectivity index (χ3v) is 5.74. The summed E-state index contributed by atoms with van der Waals surface area (Å²) >= 11 is 0. The van der Waals surface area contributed by atoms with Crippen LogP contribution in [0, 0.1) is 16.0 Å². The Morgan fingerprint density at radius 1 is 1.14 bits per heavy atom. The first-order valence-corrected chi connectivity index (χ1v) is 11.8. The summed E-state index contributed by atoms with van der Waals surface area (Å²) < 4.78 is 10.3. The fourth-order valence-corrected chi connectivity index (χ4v) is 3.90. The van der Waals surface area contributed by atoms with Crippen molar-refractivity contribution in [2.24, 2.45) is 5.92 Å². The molecule has 1 N–H and O–H groups in total. The van der Waals surface area contributed by atoms with E-state index in [0.717, 1.165) is 5.56 Å². The molecule has 0 atom stereocenters. The first-order valence-electron chi connectivity index (χ1n) is 11.8. The maximum Gasteiger partial charge on any atom is 0.353 e. The third kappa shape index (κ3) is 7.62. The lowest BCUT2D eigenvalue weighted by molar-refractivity contribution is -0.383. The molecule has 0 amide bonds. The molecule has 1 aliphatic rings. The number of esters is 2. The number of aromatic nitrogens is 2. The topological polar surface area (TPSA) is 137 Å². The Morgan fingerprint density at radius 3 is 2.57 bits per heavy atom. The third-order valence-electron chi connectivity index (χ3n) is 5.74. The molecule has 0 unspecified atom stereocenters. The largest absolute Gasteiger partial charge is 0.466 e. The Balaban J connectivity index is 1.47. The number of benzene rings is 1. The molecule has 1 fully saturated rings. The molecule has 0 bridgehead atoms. The molecule has 11 heteroatoms. The summed E-state index contributed by atoms with van der Waals surface area (Å²) in [7, 11) is 0. The first-order chi connectivity index (χ1) is 17.0. The zero-order valence-electron chi connectivity index (χ0n) is 19.9. The van der Waals surface area contributed by atoms with Gasteiger partial charge in [0.2, 0.25) is 11.6 Å². The van der Waals surface area contributed by atoms with Crippen LogP contribution in [0.5, 0.6) is 0 Å². The summed E-state index contributed by atoms with van der Waals surface area (Å²) in [6, 6.07) is 9.46. The van der Waals surface area contributed by atoms with Gasteiger partial charge in [-0.2, -0.15) is 0 Å². The van der Waals surface area contributed by atoms with Crippen molar-refractivity contribution >= 4 is 29.3 Å². The highest BCUT2D eigenvalue weighted by Gasteiger charge is 2.32. The maximum absolute atomic E-state index is 12.0. The molecular formula is C24H31N5O6. The number of nitrogens with one attached hydrogen (secondary N) is 1. The number of carbonyl (C=O) groups is 2. The van der Waals surface area contributed by atoms with E-state index < -0.39 is 4.92 Å². The highest BCUT2D eigenvalue weighted by Crippen LogP contribution is 2.34. The van der Waals surface area contributed by atoms with E-state index in [1.165, 1.54) is 6.33 Å². The molecule has 11 nitrogen and oxygen atoms in total. The van der Waals surface area contributed by atoms with Crippen molar-refractivity contribution in [3.63, 3.8) is 0 Å². The Hall–Kier alpha value is -3.76. The zero-order chi connectivity index (χ0) is 25.0. The molecule has 2 aromatic rings. The Labute approximate surface area is 204 Å². The molecule has 0 radical (unpaired) electrons. The van der Waals surface area contributed by atoms with Crippen LogP contribution in [-0.4, -0.2) is 53.1 Å². The van der Waals surface area contributed by atoms with Crippen LogP contribution >= 0.6 is 0 Å². The molecule has 2 heterocycles. The SMILES string of the molecule is CCOC(=O)C1CCN(c2ncnc(NCCCCC(=O)OCc3ccccc3)c2[N+](=O)[O-])CC1. The van der Waals surface area contributed by atoms with E-state index in [1.54, 1.807) is 6.92 Å². The second kappa shape index (κ2) is 13.2. The number of rotatable bonds is 12. The maximum atomic E-state index is 12.0. The van der Waals surface area contributed by atoms with Crippen molar-refractivity contribution in [3.8, 4) is 0 Å². The van der Waals surface area contributed by atoms with E-state index in [9.17, 15) is 19.7 Å². The van der Waals surface area contributed by atoms with Crippen molar-refractivity contribution in [2.75, 3.05) is 36.5 Å². The van der Waals surface area contributed by atoms with E-state index in [4.69, 9.17) is 9.47 Å². The van der Waals surface area contributed by atoms with Crippen LogP contribution in [0.4, 0.5) is 17.3 Å². The number of hydrogen-bond donors (Lipinski definition) is 1. The number of hydrogen-bond acceptors (Lipinski definition) is 10. The smallest absolute Gasteiger partial charge is 0.353 e. The van der Waals surface area contributed by atoms with Crippen molar-refractivity contribution in [1.29, 1.82) is 0 Å². The van der Waals surface area contributed by atoms with E-state index in [1.807, 2.05) is 35.2 Å². The number of ether oxygens (including phenoxy) is 2. The van der Waals surface area contributed by atoms with Gasteiger partial charge in [0.05, 0.1) is 17.4 Å². The lowest BCUT2D eigenvalue weighted by Gasteiger charge is -2.31. The molecule has 1 saturated heterocycles. The molecule has 0 saturated carbocycles. The number of nitrogens with zero attached hydrogens (tertiary/aromatic N) is 4. The average Bonchev–Trinajstić information content (AvgIpc) is 2.88. The van der Waals surface area contributed by atoms with E-state index in [0.29, 0.717) is 51.9 Å². The molecule has 1 aromatic carbocycles. The lowest BCUT2D eigenvalue weighted by atomic mass is 9.97. The quantitative estimate of drug-likeness (QED) is 0.206. The predicted octanol–water partition coefficient (Wildman–Crippen LogP) is 3.49. The number of piperidine rings is 1. The van der Waals surface area contributed by atoms with Gasteiger partial charge in [0.15, 0.2) is 0 Å². The van der Waals surface area contributed by atoms with Gasteiger partial charge in [-0.25, -0.2) is 9.97 Å². The summed E-state index contributed by atoms with van der Waals surface area (Å²) in [5.41, 5.74) is 0.740. The van der Waals surface area contributed by atoms with Gasteiger partial charge in [0.25, 0.3) is 0 Å². The molecule has 0 spiro atoms. The fourth-order valence-electron chi connectivity index (χ4n) is 3.90. The van der Waals surface area contributed by atoms with Crippen LogP contribution < -0.4 is 10.2 Å². The Bertz CT molecular complexity index is 995. The van der Waals surface area contributed by atoms with Crippen molar-refractivity contribution in [2.45, 2.75) is 45.6 Å². The molecular weight excluding hydrogens is 454 g/mol. The standard InChI is InChI=1S/C24H31N5O6/c1-2-34-24(31)19-11-14-28(15-12-19)23-21(29(32)33)22(26-17-27-23)25-13-7-6-10-20(30)35-16-18-8-4-3-5-9-18/h3-5,8-9,17,19H,2,6-7,10-16H2,1H3,(H,25,26,27). The van der Waals surface area contributed by atoms with Gasteiger partial charge in [-0.1, -0.05) is 30.3 Å². The van der Waals surface area contributed by atoms with Crippen LogP contribution in [0.3, 0.4) is 0 Å². The Morgan fingerprint density at radius 2 is 1.89 bits per heavy atom. The van der Waals surface area contributed by atoms with Gasteiger partial charge in [-0.05, 0) is 38.2 Å². The minimum Gasteiger partial charge on any atom is -0.466 e. The van der Waals surface area contributed by atoms with Gasteiger partial charge in [0.1, 0.15) is 12.9 Å². The van der Waals surface area contributed by atoms with Crippen LogP contribution in [0.25, 0.3) is 0 Å². The number of anilines is 2. The second-order valence-corrected chi connectivity index (χ2v) is 8.20. The summed E-state index contributed by atoms with van der Waals surface area (Å²) in [6.45, 7) is 3.68. The van der Waals surface area contributed by atoms with E-state index in [2.05, 4.69) is 15.3 Å². The summed E-state index contributed by atoms with van der Waals surface area (Å²) in [4.78, 5) is 45.3. The lowest BCUT2D eigenvalue weighted by Crippen LogP contribution is -2.37. The van der Waals surface area contributed by atoms with Crippen LogP contribution in [-0.2, 0) is 25.7 Å². The summed E-state index contributed by atoms with van der Waals surface area (Å²) in [6.07, 6.45) is 3.84. The highest BCUT2D eigenvalue weighted by molar-refractivity contribution is 5.74. The first kappa shape index (κ1) is 25.9.